The monoisotopic (exact) mass is 375 g/mol. The van der Waals surface area contributed by atoms with Crippen LogP contribution in [0, 0.1) is 5.82 Å². The molecular weight excluding hydrogens is 357 g/mol. The van der Waals surface area contributed by atoms with Crippen LogP contribution in [0.1, 0.15) is 34.9 Å². The zero-order valence-electron chi connectivity index (χ0n) is 14.2. The third-order valence-corrected chi connectivity index (χ3v) is 4.65. The predicted octanol–water partition coefficient (Wildman–Crippen LogP) is 4.04. The van der Waals surface area contributed by atoms with E-state index in [2.05, 4.69) is 0 Å². The van der Waals surface area contributed by atoms with Gasteiger partial charge in [0, 0.05) is 30.0 Å². The Bertz CT molecular complexity index is 777. The summed E-state index contributed by atoms with van der Waals surface area (Å²) >= 11 is 5.90. The number of carbonyl (C=O) groups excluding carboxylic acids is 2. The zero-order chi connectivity index (χ0) is 18.5. The van der Waals surface area contributed by atoms with Crippen molar-refractivity contribution in [2.45, 2.75) is 18.9 Å². The second kappa shape index (κ2) is 8.43. The summed E-state index contributed by atoms with van der Waals surface area (Å²) in [5.41, 5.74) is 1.38. The van der Waals surface area contributed by atoms with Crippen molar-refractivity contribution in [2.75, 3.05) is 19.7 Å². The minimum Gasteiger partial charge on any atom is -0.370 e. The fourth-order valence-electron chi connectivity index (χ4n) is 2.91. The molecule has 3 rings (SSSR count). The maximum Gasteiger partial charge on any atom is 0.223 e. The third-order valence-electron chi connectivity index (χ3n) is 4.39. The van der Waals surface area contributed by atoms with Crippen molar-refractivity contribution in [3.63, 3.8) is 0 Å². The summed E-state index contributed by atoms with van der Waals surface area (Å²) in [4.78, 5) is 26.3. The highest BCUT2D eigenvalue weighted by Crippen LogP contribution is 2.24. The van der Waals surface area contributed by atoms with E-state index in [0.717, 1.165) is 5.56 Å². The highest BCUT2D eigenvalue weighted by atomic mass is 35.5. The SMILES string of the molecule is O=C(CCC(=O)N1CCOC(c2ccc(Cl)cc2)C1)c1ccc(F)cc1. The van der Waals surface area contributed by atoms with Crippen molar-refractivity contribution in [2.24, 2.45) is 0 Å². The molecule has 1 saturated heterocycles. The van der Waals surface area contributed by atoms with Crippen molar-refractivity contribution >= 4 is 23.3 Å². The average molecular weight is 376 g/mol. The van der Waals surface area contributed by atoms with Gasteiger partial charge in [-0.2, -0.15) is 0 Å². The molecule has 2 aromatic carbocycles. The lowest BCUT2D eigenvalue weighted by Crippen LogP contribution is -2.42. The molecule has 1 fully saturated rings. The van der Waals surface area contributed by atoms with Crippen LogP contribution in [0.15, 0.2) is 48.5 Å². The van der Waals surface area contributed by atoms with Gasteiger partial charge < -0.3 is 9.64 Å². The fourth-order valence-corrected chi connectivity index (χ4v) is 3.04. The quantitative estimate of drug-likeness (QED) is 0.741. The van der Waals surface area contributed by atoms with E-state index in [9.17, 15) is 14.0 Å². The second-order valence-electron chi connectivity index (χ2n) is 6.18. The number of carbonyl (C=O) groups is 2. The van der Waals surface area contributed by atoms with Gasteiger partial charge in [0.25, 0.3) is 0 Å². The predicted molar refractivity (Wildman–Crippen MR) is 96.7 cm³/mol. The van der Waals surface area contributed by atoms with E-state index >= 15 is 0 Å². The Labute approximate surface area is 156 Å². The molecule has 1 amide bonds. The van der Waals surface area contributed by atoms with Crippen molar-refractivity contribution in [1.82, 2.24) is 4.90 Å². The van der Waals surface area contributed by atoms with Crippen LogP contribution in [0.25, 0.3) is 0 Å². The molecule has 26 heavy (non-hydrogen) atoms. The number of hydrogen-bond acceptors (Lipinski definition) is 3. The zero-order valence-corrected chi connectivity index (χ0v) is 14.9. The first-order chi connectivity index (χ1) is 12.5. The first-order valence-corrected chi connectivity index (χ1v) is 8.84. The molecule has 4 nitrogen and oxygen atoms in total. The van der Waals surface area contributed by atoms with Gasteiger partial charge >= 0.3 is 0 Å². The number of rotatable bonds is 5. The Hall–Kier alpha value is -2.24. The molecule has 1 atom stereocenters. The van der Waals surface area contributed by atoms with Crippen LogP contribution in [0.4, 0.5) is 4.39 Å². The van der Waals surface area contributed by atoms with Crippen molar-refractivity contribution < 1.29 is 18.7 Å². The summed E-state index contributed by atoms with van der Waals surface area (Å²) in [6.45, 7) is 1.41. The van der Waals surface area contributed by atoms with E-state index in [4.69, 9.17) is 16.3 Å². The van der Waals surface area contributed by atoms with Crippen LogP contribution in [0.3, 0.4) is 0 Å². The second-order valence-corrected chi connectivity index (χ2v) is 6.62. The molecule has 136 valence electrons. The lowest BCUT2D eigenvalue weighted by Gasteiger charge is -2.33. The van der Waals surface area contributed by atoms with Gasteiger partial charge in [-0.3, -0.25) is 9.59 Å². The van der Waals surface area contributed by atoms with E-state index in [0.29, 0.717) is 30.3 Å². The first kappa shape index (κ1) is 18.5. The molecule has 1 aliphatic rings. The van der Waals surface area contributed by atoms with Crippen LogP contribution >= 0.6 is 11.6 Å². The highest BCUT2D eigenvalue weighted by Gasteiger charge is 2.25. The normalized spacial score (nSPS) is 17.2. The number of amides is 1. The van der Waals surface area contributed by atoms with Crippen LogP contribution in [-0.4, -0.2) is 36.3 Å². The summed E-state index contributed by atoms with van der Waals surface area (Å²) in [5, 5.41) is 0.650. The minimum atomic E-state index is -0.390. The highest BCUT2D eigenvalue weighted by molar-refractivity contribution is 6.30. The largest absolute Gasteiger partial charge is 0.370 e. The standard InChI is InChI=1S/C20H19ClFNO3/c21-16-5-1-15(2-6-16)19-13-23(11-12-26-19)20(25)10-9-18(24)14-3-7-17(22)8-4-14/h1-8,19H,9-13H2. The topological polar surface area (TPSA) is 46.6 Å². The summed E-state index contributed by atoms with van der Waals surface area (Å²) in [6.07, 6.45) is 0.0366. The van der Waals surface area contributed by atoms with Crippen molar-refractivity contribution in [3.8, 4) is 0 Å². The van der Waals surface area contributed by atoms with Gasteiger partial charge in [-0.1, -0.05) is 23.7 Å². The van der Waals surface area contributed by atoms with E-state index in [-0.39, 0.29) is 36.5 Å². The van der Waals surface area contributed by atoms with Crippen LogP contribution in [0.2, 0.25) is 5.02 Å². The lowest BCUT2D eigenvalue weighted by atomic mass is 10.0. The maximum atomic E-state index is 12.9. The Morgan fingerprint density at radius 3 is 2.46 bits per heavy atom. The lowest BCUT2D eigenvalue weighted by molar-refractivity contribution is -0.139. The number of benzene rings is 2. The molecule has 1 unspecified atom stereocenters. The van der Waals surface area contributed by atoms with E-state index in [1.807, 2.05) is 12.1 Å². The number of morpholine rings is 1. The molecular formula is C20H19ClFNO3. The number of hydrogen-bond donors (Lipinski definition) is 0. The van der Waals surface area contributed by atoms with Gasteiger partial charge in [-0.05, 0) is 42.0 Å². The van der Waals surface area contributed by atoms with E-state index in [1.165, 1.54) is 24.3 Å². The fraction of sp³-hybridized carbons (Fsp3) is 0.300. The van der Waals surface area contributed by atoms with E-state index in [1.54, 1.807) is 17.0 Å². The third kappa shape index (κ3) is 4.68. The molecule has 0 spiro atoms. The number of ketones is 1. The Balaban J connectivity index is 1.54. The number of ether oxygens (including phenoxy) is 1. The van der Waals surface area contributed by atoms with Crippen LogP contribution in [0.5, 0.6) is 0 Å². The van der Waals surface area contributed by atoms with Gasteiger partial charge in [-0.25, -0.2) is 4.39 Å². The number of nitrogens with zero attached hydrogens (tertiary/aromatic N) is 1. The Morgan fingerprint density at radius 2 is 1.77 bits per heavy atom. The van der Waals surface area contributed by atoms with Crippen molar-refractivity contribution in [3.05, 3.63) is 70.5 Å². The average Bonchev–Trinajstić information content (AvgIpc) is 2.67. The molecule has 0 radical (unpaired) electrons. The first-order valence-electron chi connectivity index (χ1n) is 8.46. The van der Waals surface area contributed by atoms with Gasteiger partial charge in [0.1, 0.15) is 11.9 Å². The Kier molecular flexibility index (Phi) is 6.01. The molecule has 1 aliphatic heterocycles. The van der Waals surface area contributed by atoms with Gasteiger partial charge in [0.15, 0.2) is 5.78 Å². The van der Waals surface area contributed by atoms with Gasteiger partial charge in [0.05, 0.1) is 13.2 Å². The summed E-state index contributed by atoms with van der Waals surface area (Å²) in [7, 11) is 0. The maximum absolute atomic E-state index is 12.9. The summed E-state index contributed by atoms with van der Waals surface area (Å²) < 4.78 is 18.7. The summed E-state index contributed by atoms with van der Waals surface area (Å²) in [5.74, 6) is -0.636. The molecule has 0 bridgehead atoms. The van der Waals surface area contributed by atoms with Crippen molar-refractivity contribution in [1.29, 1.82) is 0 Å². The van der Waals surface area contributed by atoms with Crippen LogP contribution < -0.4 is 0 Å². The van der Waals surface area contributed by atoms with Crippen LogP contribution in [-0.2, 0) is 9.53 Å². The van der Waals surface area contributed by atoms with E-state index < -0.39 is 0 Å². The Morgan fingerprint density at radius 1 is 1.08 bits per heavy atom. The molecule has 0 aliphatic carbocycles. The van der Waals surface area contributed by atoms with Gasteiger partial charge in [-0.15, -0.1) is 0 Å². The molecule has 0 aromatic heterocycles. The summed E-state index contributed by atoms with van der Waals surface area (Å²) in [6, 6.07) is 12.7. The molecule has 1 heterocycles. The molecule has 6 heteroatoms. The molecule has 0 saturated carbocycles. The van der Waals surface area contributed by atoms with Gasteiger partial charge in [0.2, 0.25) is 5.91 Å². The smallest absolute Gasteiger partial charge is 0.223 e. The number of halogens is 2. The minimum absolute atomic E-state index is 0.0808. The molecule has 0 N–H and O–H groups in total. The number of Topliss-reactive ketones (excluding diaryl/α,β-unsaturated/α-hetero) is 1. The molecule has 2 aromatic rings.